The van der Waals surface area contributed by atoms with Crippen LogP contribution in [0.25, 0.3) is 0 Å². The summed E-state index contributed by atoms with van der Waals surface area (Å²) in [4.78, 5) is 19.0. The minimum Gasteiger partial charge on any atom is -0.381 e. The molecule has 1 aromatic carbocycles. The summed E-state index contributed by atoms with van der Waals surface area (Å²) in [6, 6.07) is 7.93. The molecule has 1 aromatic rings. The molecule has 4 rings (SSSR count). The summed E-state index contributed by atoms with van der Waals surface area (Å²) in [5.74, 6) is 0.872. The molecule has 2 atom stereocenters. The van der Waals surface area contributed by atoms with Crippen molar-refractivity contribution < 1.29 is 14.3 Å². The lowest BCUT2D eigenvalue weighted by atomic mass is 9.87. The van der Waals surface area contributed by atoms with Gasteiger partial charge in [0, 0.05) is 51.0 Å². The molecule has 3 fully saturated rings. The van der Waals surface area contributed by atoms with Crippen LogP contribution >= 0.6 is 0 Å². The number of hydrogen-bond donors (Lipinski definition) is 2. The van der Waals surface area contributed by atoms with Gasteiger partial charge in [0.25, 0.3) is 5.91 Å². The van der Waals surface area contributed by atoms with E-state index >= 15 is 0 Å². The van der Waals surface area contributed by atoms with E-state index in [0.717, 1.165) is 62.8 Å². The Morgan fingerprint density at radius 3 is 3.04 bits per heavy atom. The third-order valence-electron chi connectivity index (χ3n) is 6.00. The number of rotatable bonds is 4. The standard InChI is InChI=1S/C21H30N4O3/c1-22-20(25-9-7-21(14-25)8-11-27-15-21)23-13-16-4-2-5-17(12-16)24-19(26)18-6-3-10-28-18/h2,4-5,12,18H,3,6-11,13-15H2,1H3,(H,22,23)(H,24,26). The van der Waals surface area contributed by atoms with Gasteiger partial charge in [-0.1, -0.05) is 12.1 Å². The van der Waals surface area contributed by atoms with Crippen LogP contribution in [0.5, 0.6) is 0 Å². The highest BCUT2D eigenvalue weighted by molar-refractivity contribution is 5.94. The molecule has 0 aliphatic carbocycles. The number of carbonyl (C=O) groups excluding carboxylic acids is 1. The first-order valence-electron chi connectivity index (χ1n) is 10.2. The monoisotopic (exact) mass is 386 g/mol. The van der Waals surface area contributed by atoms with Crippen molar-refractivity contribution in [2.45, 2.75) is 38.3 Å². The average molecular weight is 386 g/mol. The number of aliphatic imine (C=N–C) groups is 1. The number of carbonyl (C=O) groups is 1. The Bertz CT molecular complexity index is 724. The van der Waals surface area contributed by atoms with Gasteiger partial charge < -0.3 is 25.0 Å². The van der Waals surface area contributed by atoms with Crippen molar-refractivity contribution in [2.75, 3.05) is 45.3 Å². The highest BCUT2D eigenvalue weighted by Gasteiger charge is 2.42. The highest BCUT2D eigenvalue weighted by atomic mass is 16.5. The number of nitrogens with one attached hydrogen (secondary N) is 2. The summed E-state index contributed by atoms with van der Waals surface area (Å²) in [7, 11) is 1.83. The first-order valence-corrected chi connectivity index (χ1v) is 10.2. The fourth-order valence-corrected chi connectivity index (χ4v) is 4.37. The number of nitrogens with zero attached hydrogens (tertiary/aromatic N) is 2. The lowest BCUT2D eigenvalue weighted by Gasteiger charge is -2.25. The summed E-state index contributed by atoms with van der Waals surface area (Å²) in [5.41, 5.74) is 2.21. The molecule has 0 radical (unpaired) electrons. The summed E-state index contributed by atoms with van der Waals surface area (Å²) < 4.78 is 11.1. The molecule has 3 aliphatic rings. The highest BCUT2D eigenvalue weighted by Crippen LogP contribution is 2.38. The van der Waals surface area contributed by atoms with Gasteiger partial charge in [0.15, 0.2) is 5.96 Å². The number of hydrogen-bond acceptors (Lipinski definition) is 4. The summed E-state index contributed by atoms with van der Waals surface area (Å²) >= 11 is 0. The third kappa shape index (κ3) is 4.31. The summed E-state index contributed by atoms with van der Waals surface area (Å²) in [6.45, 7) is 5.10. The number of likely N-dealkylation sites (tertiary alicyclic amines) is 1. The smallest absolute Gasteiger partial charge is 0.253 e. The molecule has 0 saturated carbocycles. The molecule has 7 nitrogen and oxygen atoms in total. The fraction of sp³-hybridized carbons (Fsp3) is 0.619. The molecule has 3 heterocycles. The van der Waals surface area contributed by atoms with Crippen molar-refractivity contribution in [1.29, 1.82) is 0 Å². The lowest BCUT2D eigenvalue weighted by molar-refractivity contribution is -0.124. The molecule has 28 heavy (non-hydrogen) atoms. The van der Waals surface area contributed by atoms with Gasteiger partial charge in [-0.05, 0) is 43.4 Å². The first kappa shape index (κ1) is 19.2. The van der Waals surface area contributed by atoms with Gasteiger partial charge in [0.2, 0.25) is 0 Å². The van der Waals surface area contributed by atoms with E-state index in [1.165, 1.54) is 6.42 Å². The van der Waals surface area contributed by atoms with Crippen molar-refractivity contribution in [3.05, 3.63) is 29.8 Å². The first-order chi connectivity index (χ1) is 13.7. The molecule has 152 valence electrons. The molecule has 0 bridgehead atoms. The summed E-state index contributed by atoms with van der Waals surface area (Å²) in [5, 5.41) is 6.44. The largest absolute Gasteiger partial charge is 0.381 e. The van der Waals surface area contributed by atoms with Crippen molar-refractivity contribution in [1.82, 2.24) is 10.2 Å². The fourth-order valence-electron chi connectivity index (χ4n) is 4.37. The quantitative estimate of drug-likeness (QED) is 0.611. The van der Waals surface area contributed by atoms with E-state index in [-0.39, 0.29) is 12.0 Å². The second-order valence-electron chi connectivity index (χ2n) is 8.07. The lowest BCUT2D eigenvalue weighted by Crippen LogP contribution is -2.41. The number of benzene rings is 1. The second-order valence-corrected chi connectivity index (χ2v) is 8.07. The zero-order valence-electron chi connectivity index (χ0n) is 16.6. The van der Waals surface area contributed by atoms with Gasteiger partial charge in [0.1, 0.15) is 6.10 Å². The van der Waals surface area contributed by atoms with E-state index in [1.807, 2.05) is 25.2 Å². The van der Waals surface area contributed by atoms with E-state index in [9.17, 15) is 4.79 Å². The maximum Gasteiger partial charge on any atom is 0.253 e. The van der Waals surface area contributed by atoms with Crippen molar-refractivity contribution >= 4 is 17.6 Å². The third-order valence-corrected chi connectivity index (χ3v) is 6.00. The Balaban J connectivity index is 1.32. The SMILES string of the molecule is CN=C(NCc1cccc(NC(=O)C2CCCO2)c1)N1CCC2(CCOC2)C1. The Kier molecular flexibility index (Phi) is 5.82. The topological polar surface area (TPSA) is 75.2 Å². The van der Waals surface area contributed by atoms with Crippen LogP contribution in [-0.4, -0.2) is 62.8 Å². The van der Waals surface area contributed by atoms with Crippen LogP contribution in [0.15, 0.2) is 29.3 Å². The molecule has 0 aromatic heterocycles. The van der Waals surface area contributed by atoms with Crippen LogP contribution in [-0.2, 0) is 20.8 Å². The zero-order chi connectivity index (χ0) is 19.4. The Hall–Kier alpha value is -2.12. The Morgan fingerprint density at radius 1 is 1.36 bits per heavy atom. The Morgan fingerprint density at radius 2 is 2.29 bits per heavy atom. The summed E-state index contributed by atoms with van der Waals surface area (Å²) in [6.07, 6.45) is 3.74. The predicted octanol–water partition coefficient (Wildman–Crippen LogP) is 1.99. The molecular weight excluding hydrogens is 356 g/mol. The van der Waals surface area contributed by atoms with Crippen LogP contribution < -0.4 is 10.6 Å². The average Bonchev–Trinajstić information content (AvgIpc) is 3.46. The molecule has 1 amide bonds. The van der Waals surface area contributed by atoms with Gasteiger partial charge in [0.05, 0.1) is 6.61 Å². The minimum absolute atomic E-state index is 0.0560. The molecular formula is C21H30N4O3. The van der Waals surface area contributed by atoms with Crippen LogP contribution in [0.3, 0.4) is 0 Å². The van der Waals surface area contributed by atoms with Gasteiger partial charge in [-0.25, -0.2) is 0 Å². The number of ether oxygens (including phenoxy) is 2. The minimum atomic E-state index is -0.317. The Labute approximate surface area is 166 Å². The second kappa shape index (κ2) is 8.49. The molecule has 2 unspecified atom stereocenters. The molecule has 3 saturated heterocycles. The maximum absolute atomic E-state index is 12.2. The normalized spacial score (nSPS) is 27.5. The molecule has 7 heteroatoms. The van der Waals surface area contributed by atoms with Gasteiger partial charge in [-0.3, -0.25) is 9.79 Å². The number of anilines is 1. The van der Waals surface area contributed by atoms with E-state index in [1.54, 1.807) is 0 Å². The molecule has 1 spiro atoms. The van der Waals surface area contributed by atoms with Gasteiger partial charge >= 0.3 is 0 Å². The van der Waals surface area contributed by atoms with Crippen molar-refractivity contribution in [3.63, 3.8) is 0 Å². The van der Waals surface area contributed by atoms with Crippen LogP contribution in [0.1, 0.15) is 31.2 Å². The predicted molar refractivity (Wildman–Crippen MR) is 108 cm³/mol. The van der Waals surface area contributed by atoms with Crippen molar-refractivity contribution in [3.8, 4) is 0 Å². The van der Waals surface area contributed by atoms with Crippen LogP contribution in [0.4, 0.5) is 5.69 Å². The van der Waals surface area contributed by atoms with E-state index < -0.39 is 0 Å². The van der Waals surface area contributed by atoms with Crippen LogP contribution in [0.2, 0.25) is 0 Å². The molecule has 2 N–H and O–H groups in total. The van der Waals surface area contributed by atoms with Crippen LogP contribution in [0, 0.1) is 5.41 Å². The van der Waals surface area contributed by atoms with Crippen molar-refractivity contribution in [2.24, 2.45) is 10.4 Å². The molecule has 3 aliphatic heterocycles. The van der Waals surface area contributed by atoms with E-state index in [4.69, 9.17) is 9.47 Å². The number of guanidine groups is 1. The van der Waals surface area contributed by atoms with E-state index in [2.05, 4.69) is 26.6 Å². The maximum atomic E-state index is 12.2. The zero-order valence-corrected chi connectivity index (χ0v) is 16.6. The van der Waals surface area contributed by atoms with Gasteiger partial charge in [-0.2, -0.15) is 0 Å². The van der Waals surface area contributed by atoms with E-state index in [0.29, 0.717) is 18.6 Å². The van der Waals surface area contributed by atoms with Gasteiger partial charge in [-0.15, -0.1) is 0 Å². The number of amides is 1.